The van der Waals surface area contributed by atoms with Crippen molar-refractivity contribution >= 4 is 17.3 Å². The molecular weight excluding hydrogens is 252 g/mol. The van der Waals surface area contributed by atoms with E-state index in [0.717, 1.165) is 13.1 Å². The molecule has 0 amide bonds. The first-order valence-corrected chi connectivity index (χ1v) is 6.44. The molecule has 98 valence electrons. The van der Waals surface area contributed by atoms with E-state index < -0.39 is 0 Å². The Bertz CT molecular complexity index is 481. The van der Waals surface area contributed by atoms with Crippen LogP contribution in [0.2, 0.25) is 5.02 Å². The Kier molecular flexibility index (Phi) is 4.38. The van der Waals surface area contributed by atoms with Gasteiger partial charge in [-0.15, -0.1) is 6.58 Å². The first-order chi connectivity index (χ1) is 8.72. The zero-order valence-corrected chi connectivity index (χ0v) is 10.9. The molecule has 0 aliphatic heterocycles. The number of allylic oxidation sites excluding steroid dienone is 1. The Morgan fingerprint density at radius 1 is 1.56 bits per heavy atom. The molecule has 1 aromatic heterocycles. The number of aromatic nitrogens is 2. The molecule has 18 heavy (non-hydrogen) atoms. The summed E-state index contributed by atoms with van der Waals surface area (Å²) in [7, 11) is 0. The zero-order chi connectivity index (χ0) is 13.0. The molecular formula is C12H17ClN4O. The molecule has 0 radical (unpaired) electrons. The maximum atomic E-state index is 11.8. The third-order valence-corrected chi connectivity index (χ3v) is 3.10. The largest absolute Gasteiger partial charge is 0.381 e. The van der Waals surface area contributed by atoms with E-state index in [-0.39, 0.29) is 10.6 Å². The van der Waals surface area contributed by atoms with Crippen LogP contribution >= 0.6 is 11.6 Å². The fraction of sp³-hybridized carbons (Fsp3) is 0.500. The number of hydrogen-bond acceptors (Lipinski definition) is 4. The summed E-state index contributed by atoms with van der Waals surface area (Å²) < 4.78 is 1.28. The fourth-order valence-corrected chi connectivity index (χ4v) is 1.81. The lowest BCUT2D eigenvalue weighted by Crippen LogP contribution is -2.26. The molecule has 0 saturated heterocycles. The predicted molar refractivity (Wildman–Crippen MR) is 73.2 cm³/mol. The average Bonchev–Trinajstić information content (AvgIpc) is 3.17. The van der Waals surface area contributed by atoms with Gasteiger partial charge in [-0.1, -0.05) is 17.7 Å². The van der Waals surface area contributed by atoms with Crippen LogP contribution in [-0.4, -0.2) is 28.9 Å². The lowest BCUT2D eigenvalue weighted by molar-refractivity contribution is 0.652. The Balaban J connectivity index is 1.92. The highest BCUT2D eigenvalue weighted by Crippen LogP contribution is 2.18. The molecule has 0 bridgehead atoms. The summed E-state index contributed by atoms with van der Waals surface area (Å²) in [6.07, 6.45) is 5.71. The van der Waals surface area contributed by atoms with Gasteiger partial charge in [0.1, 0.15) is 5.02 Å². The molecule has 1 aliphatic carbocycles. The van der Waals surface area contributed by atoms with Crippen LogP contribution in [0.15, 0.2) is 23.6 Å². The smallest absolute Gasteiger partial charge is 0.287 e. The van der Waals surface area contributed by atoms with E-state index in [1.165, 1.54) is 17.5 Å². The van der Waals surface area contributed by atoms with Crippen LogP contribution in [0, 0.1) is 0 Å². The Morgan fingerprint density at radius 3 is 3.00 bits per heavy atom. The first-order valence-electron chi connectivity index (χ1n) is 6.06. The van der Waals surface area contributed by atoms with Crippen molar-refractivity contribution in [2.45, 2.75) is 25.4 Å². The third-order valence-electron chi connectivity index (χ3n) is 2.74. The van der Waals surface area contributed by atoms with E-state index in [0.29, 0.717) is 18.3 Å². The Hall–Kier alpha value is -1.33. The molecule has 5 nitrogen and oxygen atoms in total. The van der Waals surface area contributed by atoms with E-state index in [1.807, 2.05) is 0 Å². The quantitative estimate of drug-likeness (QED) is 0.577. The van der Waals surface area contributed by atoms with Gasteiger partial charge in [-0.05, 0) is 12.8 Å². The third kappa shape index (κ3) is 3.34. The second-order valence-electron chi connectivity index (χ2n) is 4.30. The molecule has 1 aliphatic rings. The minimum atomic E-state index is -0.295. The fourth-order valence-electron chi connectivity index (χ4n) is 1.60. The molecule has 1 saturated carbocycles. The molecule has 1 heterocycles. The normalized spacial score (nSPS) is 14.5. The first kappa shape index (κ1) is 13.1. The van der Waals surface area contributed by atoms with Gasteiger partial charge in [0, 0.05) is 19.1 Å². The number of hydrogen-bond donors (Lipinski definition) is 2. The van der Waals surface area contributed by atoms with E-state index in [4.69, 9.17) is 11.6 Å². The van der Waals surface area contributed by atoms with Crippen molar-refractivity contribution in [3.63, 3.8) is 0 Å². The van der Waals surface area contributed by atoms with Gasteiger partial charge in [-0.3, -0.25) is 4.79 Å². The molecule has 0 spiro atoms. The van der Waals surface area contributed by atoms with Gasteiger partial charge in [0.05, 0.1) is 18.4 Å². The second-order valence-corrected chi connectivity index (χ2v) is 4.68. The Labute approximate surface area is 111 Å². The van der Waals surface area contributed by atoms with Crippen LogP contribution in [0.3, 0.4) is 0 Å². The van der Waals surface area contributed by atoms with E-state index >= 15 is 0 Å². The topological polar surface area (TPSA) is 59.0 Å². The lowest BCUT2D eigenvalue weighted by Gasteiger charge is -2.09. The van der Waals surface area contributed by atoms with Gasteiger partial charge >= 0.3 is 0 Å². The minimum Gasteiger partial charge on any atom is -0.381 e. The summed E-state index contributed by atoms with van der Waals surface area (Å²) in [5.41, 5.74) is 0.288. The number of halogens is 1. The van der Waals surface area contributed by atoms with Crippen molar-refractivity contribution in [1.29, 1.82) is 0 Å². The number of nitrogens with one attached hydrogen (secondary N) is 2. The van der Waals surface area contributed by atoms with Crippen molar-refractivity contribution in [2.75, 3.05) is 18.4 Å². The van der Waals surface area contributed by atoms with Gasteiger partial charge in [0.15, 0.2) is 0 Å². The predicted octanol–water partition coefficient (Wildman–Crippen LogP) is 1.25. The highest BCUT2D eigenvalue weighted by molar-refractivity contribution is 6.32. The van der Waals surface area contributed by atoms with Crippen molar-refractivity contribution in [2.24, 2.45) is 0 Å². The van der Waals surface area contributed by atoms with Crippen LogP contribution in [0.4, 0.5) is 5.69 Å². The summed E-state index contributed by atoms with van der Waals surface area (Å²) >= 11 is 6.00. The molecule has 0 unspecified atom stereocenters. The summed E-state index contributed by atoms with van der Waals surface area (Å²) in [4.78, 5) is 11.8. The van der Waals surface area contributed by atoms with Crippen molar-refractivity contribution < 1.29 is 0 Å². The maximum absolute atomic E-state index is 11.8. The molecule has 0 atom stereocenters. The SMILES string of the molecule is C=CCn1ncc(NCCNC2CC2)c(Cl)c1=O. The van der Waals surface area contributed by atoms with Crippen LogP contribution in [0.5, 0.6) is 0 Å². The van der Waals surface area contributed by atoms with Crippen LogP contribution in [0.1, 0.15) is 12.8 Å². The monoisotopic (exact) mass is 268 g/mol. The van der Waals surface area contributed by atoms with E-state index in [2.05, 4.69) is 22.3 Å². The summed E-state index contributed by atoms with van der Waals surface area (Å²) in [6, 6.07) is 0.681. The molecule has 1 aromatic rings. The van der Waals surface area contributed by atoms with Crippen LogP contribution < -0.4 is 16.2 Å². The second kappa shape index (κ2) is 6.02. The standard InChI is InChI=1S/C12H17ClN4O/c1-2-7-17-12(18)11(13)10(8-16-17)15-6-5-14-9-3-4-9/h2,8-9,14-15H,1,3-7H2. The van der Waals surface area contributed by atoms with Gasteiger partial charge in [0.2, 0.25) is 0 Å². The van der Waals surface area contributed by atoms with Crippen LogP contribution in [0.25, 0.3) is 0 Å². The number of anilines is 1. The van der Waals surface area contributed by atoms with Crippen molar-refractivity contribution in [1.82, 2.24) is 15.1 Å². The van der Waals surface area contributed by atoms with E-state index in [1.54, 1.807) is 12.3 Å². The Morgan fingerprint density at radius 2 is 2.33 bits per heavy atom. The molecule has 0 aromatic carbocycles. The van der Waals surface area contributed by atoms with Crippen molar-refractivity contribution in [3.8, 4) is 0 Å². The molecule has 6 heteroatoms. The summed E-state index contributed by atoms with van der Waals surface area (Å²) in [5.74, 6) is 0. The van der Waals surface area contributed by atoms with Gasteiger partial charge in [-0.25, -0.2) is 4.68 Å². The maximum Gasteiger partial charge on any atom is 0.287 e. The number of rotatable bonds is 7. The summed E-state index contributed by atoms with van der Waals surface area (Å²) in [5, 5.41) is 10.7. The highest BCUT2D eigenvalue weighted by atomic mass is 35.5. The minimum absolute atomic E-state index is 0.179. The van der Waals surface area contributed by atoms with Gasteiger partial charge < -0.3 is 10.6 Å². The van der Waals surface area contributed by atoms with E-state index in [9.17, 15) is 4.79 Å². The molecule has 2 N–H and O–H groups in total. The zero-order valence-electron chi connectivity index (χ0n) is 10.2. The highest BCUT2D eigenvalue weighted by Gasteiger charge is 2.19. The van der Waals surface area contributed by atoms with Gasteiger partial charge in [-0.2, -0.15) is 5.10 Å². The van der Waals surface area contributed by atoms with Crippen molar-refractivity contribution in [3.05, 3.63) is 34.2 Å². The average molecular weight is 269 g/mol. The number of nitrogens with zero attached hydrogens (tertiary/aromatic N) is 2. The van der Waals surface area contributed by atoms with Gasteiger partial charge in [0.25, 0.3) is 5.56 Å². The molecule has 2 rings (SSSR count). The van der Waals surface area contributed by atoms with Crippen LogP contribution in [-0.2, 0) is 6.54 Å². The summed E-state index contributed by atoms with van der Waals surface area (Å²) in [6.45, 7) is 5.51. The lowest BCUT2D eigenvalue weighted by atomic mass is 10.4. The molecule has 1 fully saturated rings.